The first-order valence-corrected chi connectivity index (χ1v) is 9.04. The number of nitrogens with one attached hydrogen (secondary N) is 2. The lowest BCUT2D eigenvalue weighted by molar-refractivity contribution is 0.580. The second-order valence-corrected chi connectivity index (χ2v) is 7.33. The average molecular weight is 347 g/mol. The molecule has 0 atom stereocenters. The largest absolute Gasteiger partial charge is 0.369 e. The molecule has 9 heteroatoms. The Labute approximate surface area is 132 Å². The minimum atomic E-state index is -3.65. The van der Waals surface area contributed by atoms with E-state index in [1.54, 1.807) is 11.6 Å². The van der Waals surface area contributed by atoms with E-state index in [1.807, 2.05) is 6.92 Å². The fraction of sp³-hybridized carbons (Fsp3) is 0.333. The molecule has 0 aromatic carbocycles. The molecule has 2 N–H and O–H groups in total. The van der Waals surface area contributed by atoms with Gasteiger partial charge >= 0.3 is 0 Å². The van der Waals surface area contributed by atoms with Crippen molar-refractivity contribution in [3.63, 3.8) is 0 Å². The highest BCUT2D eigenvalue weighted by molar-refractivity contribution is 7.89. The quantitative estimate of drug-likeness (QED) is 0.804. The number of sulfonamides is 1. The molecule has 0 unspecified atom stereocenters. The number of rotatable bonds is 7. The van der Waals surface area contributed by atoms with Crippen molar-refractivity contribution in [3.05, 3.63) is 33.9 Å². The van der Waals surface area contributed by atoms with E-state index in [4.69, 9.17) is 11.6 Å². The van der Waals surface area contributed by atoms with E-state index < -0.39 is 10.0 Å². The number of pyridine rings is 1. The van der Waals surface area contributed by atoms with Gasteiger partial charge in [-0.15, -0.1) is 11.3 Å². The normalized spacial score (nSPS) is 11.5. The van der Waals surface area contributed by atoms with Crippen molar-refractivity contribution < 1.29 is 8.42 Å². The summed E-state index contributed by atoms with van der Waals surface area (Å²) in [5.41, 5.74) is 0. The number of anilines is 1. The molecule has 0 radical (unpaired) electrons. The highest BCUT2D eigenvalue weighted by Crippen LogP contribution is 2.22. The van der Waals surface area contributed by atoms with Gasteiger partial charge in [0.05, 0.1) is 11.6 Å². The molecule has 0 aliphatic heterocycles. The van der Waals surface area contributed by atoms with E-state index in [1.165, 1.54) is 23.6 Å². The van der Waals surface area contributed by atoms with Crippen LogP contribution in [-0.2, 0) is 16.6 Å². The number of halogens is 1. The van der Waals surface area contributed by atoms with Crippen LogP contribution < -0.4 is 10.0 Å². The van der Waals surface area contributed by atoms with Crippen molar-refractivity contribution in [2.75, 3.05) is 11.9 Å². The summed E-state index contributed by atoms with van der Waals surface area (Å²) in [5, 5.41) is 5.79. The summed E-state index contributed by atoms with van der Waals surface area (Å²) >= 11 is 7.43. The molecule has 21 heavy (non-hydrogen) atoms. The predicted octanol–water partition coefficient (Wildman–Crippen LogP) is 2.49. The fourth-order valence-electron chi connectivity index (χ4n) is 1.52. The zero-order valence-electron chi connectivity index (χ0n) is 11.3. The predicted molar refractivity (Wildman–Crippen MR) is 84.2 cm³/mol. The number of hydrogen-bond donors (Lipinski definition) is 2. The zero-order valence-corrected chi connectivity index (χ0v) is 13.7. The molecule has 2 heterocycles. The first-order valence-electron chi connectivity index (χ1n) is 6.30. The van der Waals surface area contributed by atoms with E-state index in [0.717, 1.165) is 13.0 Å². The maximum absolute atomic E-state index is 12.2. The minimum Gasteiger partial charge on any atom is -0.369 e. The van der Waals surface area contributed by atoms with Crippen molar-refractivity contribution in [2.24, 2.45) is 0 Å². The molecule has 6 nitrogen and oxygen atoms in total. The van der Waals surface area contributed by atoms with Crippen molar-refractivity contribution in [1.29, 1.82) is 0 Å². The van der Waals surface area contributed by atoms with Crippen LogP contribution in [0.3, 0.4) is 0 Å². The lowest BCUT2D eigenvalue weighted by atomic mass is 10.4. The van der Waals surface area contributed by atoms with Crippen LogP contribution >= 0.6 is 22.9 Å². The van der Waals surface area contributed by atoms with Crippen LogP contribution in [0.2, 0.25) is 5.02 Å². The van der Waals surface area contributed by atoms with Crippen molar-refractivity contribution in [2.45, 2.75) is 24.8 Å². The number of hydrogen-bond acceptors (Lipinski definition) is 6. The Bertz CT molecular complexity index is 689. The summed E-state index contributed by atoms with van der Waals surface area (Å²) < 4.78 is 26.8. The van der Waals surface area contributed by atoms with Crippen LogP contribution in [0, 0.1) is 0 Å². The van der Waals surface area contributed by atoms with Crippen LogP contribution in [0.4, 0.5) is 5.82 Å². The molecule has 0 amide bonds. The van der Waals surface area contributed by atoms with Gasteiger partial charge in [0.1, 0.15) is 15.7 Å². The average Bonchev–Trinajstić information content (AvgIpc) is 2.97. The van der Waals surface area contributed by atoms with Crippen LogP contribution in [0.15, 0.2) is 28.7 Å². The Morgan fingerprint density at radius 1 is 1.38 bits per heavy atom. The Morgan fingerprint density at radius 2 is 2.19 bits per heavy atom. The summed E-state index contributed by atoms with van der Waals surface area (Å²) in [5.74, 6) is 0.484. The molecule has 0 saturated heterocycles. The second-order valence-electron chi connectivity index (χ2n) is 4.18. The first-order chi connectivity index (χ1) is 10.0. The summed E-state index contributed by atoms with van der Waals surface area (Å²) in [6.45, 7) is 2.89. The molecule has 0 bridgehead atoms. The van der Waals surface area contributed by atoms with Crippen LogP contribution in [0.25, 0.3) is 0 Å². The van der Waals surface area contributed by atoms with Crippen molar-refractivity contribution in [1.82, 2.24) is 14.7 Å². The van der Waals surface area contributed by atoms with Gasteiger partial charge in [0, 0.05) is 24.3 Å². The van der Waals surface area contributed by atoms with Crippen LogP contribution in [0.5, 0.6) is 0 Å². The number of aromatic nitrogens is 2. The molecule has 0 aliphatic carbocycles. The van der Waals surface area contributed by atoms with Gasteiger partial charge in [-0.2, -0.15) is 0 Å². The molecule has 2 aromatic heterocycles. The molecule has 0 fully saturated rings. The molecular formula is C12H15ClN4O2S2. The smallest absolute Gasteiger partial charge is 0.242 e. The SMILES string of the molecule is CCCNc1ncc(S(=O)(=O)NCc2nccs2)cc1Cl. The molecule has 0 aliphatic rings. The van der Waals surface area contributed by atoms with Gasteiger partial charge in [-0.25, -0.2) is 23.1 Å². The summed E-state index contributed by atoms with van der Waals surface area (Å²) in [4.78, 5) is 8.10. The molecule has 114 valence electrons. The lowest BCUT2D eigenvalue weighted by Crippen LogP contribution is -2.23. The summed E-state index contributed by atoms with van der Waals surface area (Å²) in [6.07, 6.45) is 3.84. The van der Waals surface area contributed by atoms with Gasteiger partial charge in [-0.1, -0.05) is 18.5 Å². The topological polar surface area (TPSA) is 84.0 Å². The molecule has 2 rings (SSSR count). The highest BCUT2D eigenvalue weighted by Gasteiger charge is 2.16. The third-order valence-corrected chi connectivity index (χ3v) is 5.00. The van der Waals surface area contributed by atoms with Gasteiger partial charge in [0.15, 0.2) is 0 Å². The zero-order chi connectivity index (χ0) is 15.3. The Morgan fingerprint density at radius 3 is 2.81 bits per heavy atom. The number of thiazole rings is 1. The fourth-order valence-corrected chi connectivity index (χ4v) is 3.42. The highest BCUT2D eigenvalue weighted by atomic mass is 35.5. The van der Waals surface area contributed by atoms with Crippen LogP contribution in [0.1, 0.15) is 18.4 Å². The van der Waals surface area contributed by atoms with Gasteiger partial charge in [0.2, 0.25) is 10.0 Å². The Kier molecular flexibility index (Phi) is 5.51. The van der Waals surface area contributed by atoms with Gasteiger partial charge in [-0.05, 0) is 12.5 Å². The maximum atomic E-state index is 12.2. The second kappa shape index (κ2) is 7.17. The molecular weight excluding hydrogens is 332 g/mol. The van der Waals surface area contributed by atoms with Gasteiger partial charge in [-0.3, -0.25) is 0 Å². The molecule has 0 saturated carbocycles. The summed E-state index contributed by atoms with van der Waals surface area (Å²) in [7, 11) is -3.65. The van der Waals surface area contributed by atoms with E-state index in [0.29, 0.717) is 10.8 Å². The van der Waals surface area contributed by atoms with E-state index in [9.17, 15) is 8.42 Å². The molecule has 2 aromatic rings. The van der Waals surface area contributed by atoms with E-state index in [-0.39, 0.29) is 16.5 Å². The molecule has 0 spiro atoms. The first kappa shape index (κ1) is 16.2. The van der Waals surface area contributed by atoms with Crippen LogP contribution in [-0.4, -0.2) is 24.9 Å². The van der Waals surface area contributed by atoms with Gasteiger partial charge in [0.25, 0.3) is 0 Å². The minimum absolute atomic E-state index is 0.0334. The van der Waals surface area contributed by atoms with E-state index >= 15 is 0 Å². The summed E-state index contributed by atoms with van der Waals surface area (Å²) in [6, 6.07) is 1.39. The standard InChI is InChI=1S/C12H15ClN4O2S2/c1-2-3-15-12-10(13)6-9(7-16-12)21(18,19)17-8-11-14-4-5-20-11/h4-7,17H,2-3,8H2,1H3,(H,15,16). The van der Waals surface area contributed by atoms with Crippen molar-refractivity contribution >= 4 is 38.8 Å². The third kappa shape index (κ3) is 4.37. The van der Waals surface area contributed by atoms with Crippen molar-refractivity contribution in [3.8, 4) is 0 Å². The maximum Gasteiger partial charge on any atom is 0.242 e. The van der Waals surface area contributed by atoms with E-state index in [2.05, 4.69) is 20.0 Å². The third-order valence-electron chi connectivity index (χ3n) is 2.57. The van der Waals surface area contributed by atoms with Gasteiger partial charge < -0.3 is 5.32 Å². The Balaban J connectivity index is 2.10. The Hall–Kier alpha value is -1.22. The number of nitrogens with zero attached hydrogens (tertiary/aromatic N) is 2. The lowest BCUT2D eigenvalue weighted by Gasteiger charge is -2.09. The monoisotopic (exact) mass is 346 g/mol.